The first-order valence-corrected chi connectivity index (χ1v) is 8.74. The summed E-state index contributed by atoms with van der Waals surface area (Å²) >= 11 is 0. The van der Waals surface area contributed by atoms with E-state index < -0.39 is 5.54 Å². The molecule has 0 spiro atoms. The van der Waals surface area contributed by atoms with Crippen LogP contribution in [0.4, 0.5) is 5.69 Å². The average Bonchev–Trinajstić information content (AvgIpc) is 2.99. The van der Waals surface area contributed by atoms with E-state index in [0.717, 1.165) is 42.9 Å². The molecule has 1 aliphatic rings. The first-order chi connectivity index (χ1) is 12.0. The van der Waals surface area contributed by atoms with Gasteiger partial charge in [-0.15, -0.1) is 0 Å². The zero-order valence-electron chi connectivity index (χ0n) is 14.9. The van der Waals surface area contributed by atoms with Crippen molar-refractivity contribution in [1.29, 1.82) is 0 Å². The number of anilines is 1. The first kappa shape index (κ1) is 17.5. The maximum absolute atomic E-state index is 12.6. The fourth-order valence-electron chi connectivity index (χ4n) is 3.34. The Morgan fingerprint density at radius 2 is 2.16 bits per heavy atom. The Morgan fingerprint density at radius 1 is 1.40 bits per heavy atom. The third kappa shape index (κ3) is 4.20. The molecule has 1 saturated carbocycles. The number of carbonyl (C=O) groups is 1. The lowest BCUT2D eigenvalue weighted by Gasteiger charge is -2.37. The lowest BCUT2D eigenvalue weighted by molar-refractivity contribution is -0.122. The van der Waals surface area contributed by atoms with Gasteiger partial charge in [0.2, 0.25) is 5.91 Å². The highest BCUT2D eigenvalue weighted by Gasteiger charge is 2.37. The van der Waals surface area contributed by atoms with Gasteiger partial charge in [0.15, 0.2) is 0 Å². The largest absolute Gasteiger partial charge is 0.486 e. The van der Waals surface area contributed by atoms with E-state index in [2.05, 4.69) is 10.3 Å². The van der Waals surface area contributed by atoms with Crippen LogP contribution in [0.1, 0.15) is 38.4 Å². The van der Waals surface area contributed by atoms with Gasteiger partial charge in [0.25, 0.3) is 0 Å². The van der Waals surface area contributed by atoms with E-state index in [4.69, 9.17) is 10.5 Å². The Morgan fingerprint density at radius 3 is 2.80 bits per heavy atom. The van der Waals surface area contributed by atoms with E-state index in [1.165, 1.54) is 0 Å². The quantitative estimate of drug-likeness (QED) is 0.875. The van der Waals surface area contributed by atoms with Gasteiger partial charge in [-0.3, -0.25) is 4.79 Å². The second kappa shape index (κ2) is 7.27. The summed E-state index contributed by atoms with van der Waals surface area (Å²) in [5.41, 5.74) is 6.65. The second-order valence-corrected chi connectivity index (χ2v) is 7.06. The summed E-state index contributed by atoms with van der Waals surface area (Å²) in [4.78, 5) is 16.8. The molecule has 1 aromatic carbocycles. The van der Waals surface area contributed by atoms with Crippen molar-refractivity contribution in [2.24, 2.45) is 18.7 Å². The monoisotopic (exact) mass is 342 g/mol. The molecule has 0 aliphatic heterocycles. The van der Waals surface area contributed by atoms with Gasteiger partial charge in [-0.25, -0.2) is 4.98 Å². The van der Waals surface area contributed by atoms with Crippen molar-refractivity contribution < 1.29 is 9.53 Å². The smallest absolute Gasteiger partial charge is 0.229 e. The third-order valence-corrected chi connectivity index (χ3v) is 4.98. The molecule has 1 aliphatic carbocycles. The minimum absolute atomic E-state index is 0.00591. The molecule has 1 fully saturated rings. The fraction of sp³-hybridized carbons (Fsp3) is 0.474. The van der Waals surface area contributed by atoms with Crippen LogP contribution in [0, 0.1) is 5.92 Å². The van der Waals surface area contributed by atoms with Crippen LogP contribution >= 0.6 is 0 Å². The number of nitrogens with two attached hydrogens (primary N) is 1. The van der Waals surface area contributed by atoms with Gasteiger partial charge in [0.05, 0.1) is 5.92 Å². The van der Waals surface area contributed by atoms with E-state index >= 15 is 0 Å². The molecule has 0 bridgehead atoms. The van der Waals surface area contributed by atoms with Gasteiger partial charge in [-0.1, -0.05) is 12.8 Å². The number of carbonyl (C=O) groups excluding carboxylic acids is 1. The Hall–Kier alpha value is -2.34. The third-order valence-electron chi connectivity index (χ3n) is 4.98. The second-order valence-electron chi connectivity index (χ2n) is 7.06. The number of nitrogens with zero attached hydrogens (tertiary/aromatic N) is 2. The van der Waals surface area contributed by atoms with Crippen molar-refractivity contribution in [3.8, 4) is 5.75 Å². The van der Waals surface area contributed by atoms with Crippen LogP contribution in [0.25, 0.3) is 0 Å². The standard InChI is InChI=1S/C19H26N4O2/c1-19(20)10-4-3-5-16(19)18(24)22-14-6-8-15(9-7-14)25-13-17-21-11-12-23(17)2/h6-9,11-12,16H,3-5,10,13,20H2,1-2H3,(H,22,24). The first-order valence-electron chi connectivity index (χ1n) is 8.74. The predicted octanol–water partition coefficient (Wildman–Crippen LogP) is 2.85. The Bertz CT molecular complexity index is 721. The molecule has 3 rings (SSSR count). The summed E-state index contributed by atoms with van der Waals surface area (Å²) < 4.78 is 7.64. The number of amides is 1. The van der Waals surface area contributed by atoms with E-state index in [0.29, 0.717) is 6.61 Å². The van der Waals surface area contributed by atoms with Gasteiger partial charge in [-0.2, -0.15) is 0 Å². The molecule has 25 heavy (non-hydrogen) atoms. The minimum Gasteiger partial charge on any atom is -0.486 e. The maximum atomic E-state index is 12.6. The Kier molecular flexibility index (Phi) is 5.08. The van der Waals surface area contributed by atoms with Crippen molar-refractivity contribution in [1.82, 2.24) is 9.55 Å². The molecule has 1 aromatic heterocycles. The van der Waals surface area contributed by atoms with Crippen LogP contribution in [0.2, 0.25) is 0 Å². The number of ether oxygens (including phenoxy) is 1. The van der Waals surface area contributed by atoms with Crippen LogP contribution in [0.15, 0.2) is 36.7 Å². The molecule has 134 valence electrons. The summed E-state index contributed by atoms with van der Waals surface area (Å²) in [6.45, 7) is 2.38. The zero-order valence-corrected chi connectivity index (χ0v) is 14.9. The topological polar surface area (TPSA) is 82.2 Å². The summed E-state index contributed by atoms with van der Waals surface area (Å²) in [6.07, 6.45) is 7.53. The molecule has 6 heteroatoms. The zero-order chi connectivity index (χ0) is 17.9. The SMILES string of the molecule is Cn1ccnc1COc1ccc(NC(=O)C2CCCCC2(C)N)cc1. The number of rotatable bonds is 5. The van der Waals surface area contributed by atoms with Gasteiger partial charge in [-0.05, 0) is 44.0 Å². The van der Waals surface area contributed by atoms with E-state index in [9.17, 15) is 4.79 Å². The van der Waals surface area contributed by atoms with Crippen molar-refractivity contribution in [2.45, 2.75) is 44.8 Å². The minimum atomic E-state index is -0.423. The van der Waals surface area contributed by atoms with E-state index in [1.807, 2.05) is 49.0 Å². The fourth-order valence-corrected chi connectivity index (χ4v) is 3.34. The molecule has 0 saturated heterocycles. The molecule has 2 atom stereocenters. The Labute approximate surface area is 148 Å². The van der Waals surface area contributed by atoms with E-state index in [-0.39, 0.29) is 11.8 Å². The maximum Gasteiger partial charge on any atom is 0.229 e. The molecule has 2 aromatic rings. The number of aromatic nitrogens is 2. The van der Waals surface area contributed by atoms with Gasteiger partial charge in [0, 0.05) is 30.7 Å². The van der Waals surface area contributed by atoms with E-state index in [1.54, 1.807) is 6.20 Å². The number of benzene rings is 1. The number of hydrogen-bond acceptors (Lipinski definition) is 4. The number of nitrogens with one attached hydrogen (secondary N) is 1. The van der Waals surface area contributed by atoms with Crippen molar-refractivity contribution >= 4 is 11.6 Å². The van der Waals surface area contributed by atoms with Gasteiger partial charge >= 0.3 is 0 Å². The Balaban J connectivity index is 1.57. The van der Waals surface area contributed by atoms with Crippen molar-refractivity contribution in [3.63, 3.8) is 0 Å². The van der Waals surface area contributed by atoms with Gasteiger partial charge < -0.3 is 20.4 Å². The molecule has 1 heterocycles. The van der Waals surface area contributed by atoms with Crippen LogP contribution in [-0.4, -0.2) is 21.0 Å². The van der Waals surface area contributed by atoms with Crippen molar-refractivity contribution in [3.05, 3.63) is 42.5 Å². The molecule has 6 nitrogen and oxygen atoms in total. The molecular formula is C19H26N4O2. The molecule has 2 unspecified atom stereocenters. The number of hydrogen-bond donors (Lipinski definition) is 2. The highest BCUT2D eigenvalue weighted by molar-refractivity contribution is 5.93. The molecular weight excluding hydrogens is 316 g/mol. The number of imidazole rings is 1. The van der Waals surface area contributed by atoms with Crippen molar-refractivity contribution in [2.75, 3.05) is 5.32 Å². The number of aryl methyl sites for hydroxylation is 1. The average molecular weight is 342 g/mol. The summed E-state index contributed by atoms with van der Waals surface area (Å²) in [5, 5.41) is 2.98. The van der Waals surface area contributed by atoms with Crippen LogP contribution in [-0.2, 0) is 18.4 Å². The van der Waals surface area contributed by atoms with Crippen LogP contribution < -0.4 is 15.8 Å². The summed E-state index contributed by atoms with van der Waals surface area (Å²) in [7, 11) is 1.93. The normalized spacial score (nSPS) is 23.2. The van der Waals surface area contributed by atoms with Gasteiger partial charge in [0.1, 0.15) is 18.2 Å². The highest BCUT2D eigenvalue weighted by Crippen LogP contribution is 2.32. The van der Waals surface area contributed by atoms with Crippen LogP contribution in [0.3, 0.4) is 0 Å². The summed E-state index contributed by atoms with van der Waals surface area (Å²) in [6, 6.07) is 7.40. The lowest BCUT2D eigenvalue weighted by Crippen LogP contribution is -2.51. The molecule has 3 N–H and O–H groups in total. The summed E-state index contributed by atoms with van der Waals surface area (Å²) in [5.74, 6) is 1.46. The highest BCUT2D eigenvalue weighted by atomic mass is 16.5. The predicted molar refractivity (Wildman–Crippen MR) is 97.2 cm³/mol. The van der Waals surface area contributed by atoms with Crippen LogP contribution in [0.5, 0.6) is 5.75 Å². The molecule has 0 radical (unpaired) electrons. The molecule has 1 amide bonds. The lowest BCUT2D eigenvalue weighted by atomic mass is 9.74.